The van der Waals surface area contributed by atoms with E-state index >= 15 is 0 Å². The van der Waals surface area contributed by atoms with Gasteiger partial charge in [-0.15, -0.1) is 11.3 Å². The number of rotatable bonds is 4. The molecule has 0 aliphatic heterocycles. The SMILES string of the molecule is COc1ccccc1COC(=O)c1sc2nc(C)[nH]c(=O)c2c1C. The van der Waals surface area contributed by atoms with Gasteiger partial charge < -0.3 is 14.5 Å². The Bertz CT molecular complexity index is 974. The maximum Gasteiger partial charge on any atom is 0.349 e. The lowest BCUT2D eigenvalue weighted by atomic mass is 10.2. The molecule has 3 rings (SSSR count). The summed E-state index contributed by atoms with van der Waals surface area (Å²) in [5, 5.41) is 0.440. The van der Waals surface area contributed by atoms with Crippen molar-refractivity contribution in [2.75, 3.05) is 7.11 Å². The number of carbonyl (C=O) groups excluding carboxylic acids is 1. The number of aryl methyl sites for hydroxylation is 2. The van der Waals surface area contributed by atoms with Crippen LogP contribution in [0, 0.1) is 13.8 Å². The van der Waals surface area contributed by atoms with Gasteiger partial charge in [0.15, 0.2) is 0 Å². The van der Waals surface area contributed by atoms with Gasteiger partial charge in [0.2, 0.25) is 0 Å². The van der Waals surface area contributed by atoms with E-state index in [2.05, 4.69) is 9.97 Å². The van der Waals surface area contributed by atoms with Crippen LogP contribution in [-0.2, 0) is 11.3 Å². The molecular formula is C17H16N2O4S. The van der Waals surface area contributed by atoms with Gasteiger partial charge in [0, 0.05) is 5.56 Å². The summed E-state index contributed by atoms with van der Waals surface area (Å²) in [5.41, 5.74) is 1.13. The number of methoxy groups -OCH3 is 1. The maximum absolute atomic E-state index is 12.4. The molecule has 24 heavy (non-hydrogen) atoms. The highest BCUT2D eigenvalue weighted by Gasteiger charge is 2.20. The Morgan fingerprint density at radius 2 is 2.04 bits per heavy atom. The van der Waals surface area contributed by atoms with Crippen molar-refractivity contribution in [3.63, 3.8) is 0 Å². The lowest BCUT2D eigenvalue weighted by Crippen LogP contribution is -2.10. The Morgan fingerprint density at radius 3 is 2.79 bits per heavy atom. The number of fused-ring (bicyclic) bond motifs is 1. The minimum absolute atomic E-state index is 0.0966. The predicted octanol–water partition coefficient (Wildman–Crippen LogP) is 2.97. The number of nitrogens with one attached hydrogen (secondary N) is 1. The van der Waals surface area contributed by atoms with Crippen LogP contribution >= 0.6 is 11.3 Å². The predicted molar refractivity (Wildman–Crippen MR) is 91.8 cm³/mol. The second kappa shape index (κ2) is 6.45. The molecule has 1 N–H and O–H groups in total. The first-order valence-corrected chi connectivity index (χ1v) is 8.12. The van der Waals surface area contributed by atoms with E-state index in [1.807, 2.05) is 18.2 Å². The highest BCUT2D eigenvalue weighted by atomic mass is 32.1. The topological polar surface area (TPSA) is 81.3 Å². The van der Waals surface area contributed by atoms with Crippen LogP contribution in [0.1, 0.15) is 26.6 Å². The number of nitrogens with zero attached hydrogens (tertiary/aromatic N) is 1. The van der Waals surface area contributed by atoms with Gasteiger partial charge in [0.1, 0.15) is 27.9 Å². The molecule has 0 saturated heterocycles. The Kier molecular flexibility index (Phi) is 4.35. The molecular weight excluding hydrogens is 328 g/mol. The summed E-state index contributed by atoms with van der Waals surface area (Å²) < 4.78 is 10.6. The van der Waals surface area contributed by atoms with E-state index < -0.39 is 5.97 Å². The molecule has 0 atom stereocenters. The van der Waals surface area contributed by atoms with Crippen molar-refractivity contribution >= 4 is 27.5 Å². The number of hydrogen-bond donors (Lipinski definition) is 1. The van der Waals surface area contributed by atoms with E-state index in [9.17, 15) is 9.59 Å². The first-order valence-electron chi connectivity index (χ1n) is 7.30. The number of hydrogen-bond acceptors (Lipinski definition) is 6. The number of esters is 1. The molecule has 0 spiro atoms. The van der Waals surface area contributed by atoms with Gasteiger partial charge >= 0.3 is 5.97 Å². The summed E-state index contributed by atoms with van der Waals surface area (Å²) in [6.45, 7) is 3.53. The van der Waals surface area contributed by atoms with Gasteiger partial charge in [-0.2, -0.15) is 0 Å². The minimum Gasteiger partial charge on any atom is -0.496 e. The highest BCUT2D eigenvalue weighted by Crippen LogP contribution is 2.28. The summed E-state index contributed by atoms with van der Waals surface area (Å²) >= 11 is 1.17. The molecule has 6 nitrogen and oxygen atoms in total. The van der Waals surface area contributed by atoms with Gasteiger partial charge in [-0.1, -0.05) is 18.2 Å². The molecule has 3 aromatic rings. The minimum atomic E-state index is -0.474. The number of thiophene rings is 1. The molecule has 0 radical (unpaired) electrons. The Morgan fingerprint density at radius 1 is 1.29 bits per heavy atom. The van der Waals surface area contributed by atoms with Crippen molar-refractivity contribution in [2.24, 2.45) is 0 Å². The fourth-order valence-electron chi connectivity index (χ4n) is 2.48. The first-order chi connectivity index (χ1) is 11.5. The summed E-state index contributed by atoms with van der Waals surface area (Å²) in [5.74, 6) is 0.702. The van der Waals surface area contributed by atoms with Crippen molar-refractivity contribution in [2.45, 2.75) is 20.5 Å². The molecule has 0 aliphatic rings. The Hall–Kier alpha value is -2.67. The van der Waals surface area contributed by atoms with Crippen molar-refractivity contribution < 1.29 is 14.3 Å². The standard InChI is InChI=1S/C17H16N2O4S/c1-9-13-15(20)18-10(2)19-16(13)24-14(9)17(21)23-8-11-6-4-5-7-12(11)22-3/h4-7H,8H2,1-3H3,(H,18,19,20). The van der Waals surface area contributed by atoms with Crippen molar-refractivity contribution in [3.8, 4) is 5.75 Å². The third-order valence-corrected chi connectivity index (χ3v) is 4.82. The fourth-order valence-corrected chi connectivity index (χ4v) is 3.60. The van der Waals surface area contributed by atoms with Crippen LogP contribution in [-0.4, -0.2) is 23.0 Å². The summed E-state index contributed by atoms with van der Waals surface area (Å²) in [7, 11) is 1.57. The van der Waals surface area contributed by atoms with Gasteiger partial charge in [-0.25, -0.2) is 9.78 Å². The van der Waals surface area contributed by atoms with Crippen molar-refractivity contribution in [1.29, 1.82) is 0 Å². The van der Waals surface area contributed by atoms with E-state index in [-0.39, 0.29) is 12.2 Å². The van der Waals surface area contributed by atoms with Gasteiger partial charge in [-0.3, -0.25) is 4.79 Å². The average molecular weight is 344 g/mol. The van der Waals surface area contributed by atoms with Crippen LogP contribution in [0.4, 0.5) is 0 Å². The zero-order valence-corrected chi connectivity index (χ0v) is 14.3. The van der Waals surface area contributed by atoms with E-state index in [1.54, 1.807) is 27.0 Å². The average Bonchev–Trinajstić information content (AvgIpc) is 2.89. The lowest BCUT2D eigenvalue weighted by molar-refractivity contribution is 0.0475. The lowest BCUT2D eigenvalue weighted by Gasteiger charge is -2.08. The molecule has 7 heteroatoms. The summed E-state index contributed by atoms with van der Waals surface area (Å²) in [4.78, 5) is 32.3. The zero-order chi connectivity index (χ0) is 17.3. The van der Waals surface area contributed by atoms with Crippen LogP contribution in [0.15, 0.2) is 29.1 Å². The summed E-state index contributed by atoms with van der Waals surface area (Å²) in [6, 6.07) is 7.34. The largest absolute Gasteiger partial charge is 0.496 e. The van der Waals surface area contributed by atoms with Crippen LogP contribution in [0.25, 0.3) is 10.2 Å². The second-order valence-corrected chi connectivity index (χ2v) is 6.27. The quantitative estimate of drug-likeness (QED) is 0.736. The number of ether oxygens (including phenoxy) is 2. The van der Waals surface area contributed by atoms with Crippen LogP contribution < -0.4 is 10.3 Å². The maximum atomic E-state index is 12.4. The van der Waals surface area contributed by atoms with E-state index in [0.29, 0.717) is 32.2 Å². The normalized spacial score (nSPS) is 10.8. The molecule has 1 aromatic carbocycles. The highest BCUT2D eigenvalue weighted by molar-refractivity contribution is 7.20. The van der Waals surface area contributed by atoms with E-state index in [0.717, 1.165) is 5.56 Å². The molecule has 0 bridgehead atoms. The Balaban J connectivity index is 1.88. The third kappa shape index (κ3) is 2.90. The molecule has 2 aromatic heterocycles. The number of aromatic nitrogens is 2. The number of para-hydroxylation sites is 1. The number of H-pyrrole nitrogens is 1. The van der Waals surface area contributed by atoms with Crippen LogP contribution in [0.2, 0.25) is 0 Å². The molecule has 0 unspecified atom stereocenters. The smallest absolute Gasteiger partial charge is 0.349 e. The molecule has 0 saturated carbocycles. The zero-order valence-electron chi connectivity index (χ0n) is 13.5. The van der Waals surface area contributed by atoms with Crippen LogP contribution in [0.3, 0.4) is 0 Å². The first kappa shape index (κ1) is 16.2. The van der Waals surface area contributed by atoms with E-state index in [1.165, 1.54) is 11.3 Å². The second-order valence-electron chi connectivity index (χ2n) is 5.28. The van der Waals surface area contributed by atoms with Gasteiger partial charge in [0.25, 0.3) is 5.56 Å². The third-order valence-electron chi connectivity index (χ3n) is 3.66. The van der Waals surface area contributed by atoms with Gasteiger partial charge in [0.05, 0.1) is 12.5 Å². The van der Waals surface area contributed by atoms with Crippen molar-refractivity contribution in [3.05, 3.63) is 56.4 Å². The monoisotopic (exact) mass is 344 g/mol. The molecule has 0 amide bonds. The Labute approximate surface area is 142 Å². The number of carbonyl (C=O) groups is 1. The number of aromatic amines is 1. The molecule has 124 valence electrons. The van der Waals surface area contributed by atoms with E-state index in [4.69, 9.17) is 9.47 Å². The molecule has 0 aliphatic carbocycles. The van der Waals surface area contributed by atoms with Gasteiger partial charge in [-0.05, 0) is 25.5 Å². The fraction of sp³-hybridized carbons (Fsp3) is 0.235. The van der Waals surface area contributed by atoms with Crippen molar-refractivity contribution in [1.82, 2.24) is 9.97 Å². The summed E-state index contributed by atoms with van der Waals surface area (Å²) in [6.07, 6.45) is 0. The molecule has 0 fully saturated rings. The number of benzene rings is 1. The van der Waals surface area contributed by atoms with Crippen LogP contribution in [0.5, 0.6) is 5.75 Å². The molecule has 2 heterocycles.